The predicted octanol–water partition coefficient (Wildman–Crippen LogP) is 4.79. The van der Waals surface area contributed by atoms with E-state index in [-0.39, 0.29) is 5.82 Å². The maximum atomic E-state index is 6.08. The minimum atomic E-state index is 0.245. The van der Waals surface area contributed by atoms with Crippen LogP contribution < -0.4 is 11.5 Å². The number of rotatable bonds is 4. The standard InChI is InChI=1S/C20H18ClN7/c1-28-17-9-12(2-3-13(17)11-24-28)8-14-10-18(22)25-20(23)19(14)27-26-16-6-4-15(21)5-7-16/h2-7,9-11H,8H2,1H3,(H4,22,23,25)/b27-26+. The van der Waals surface area contributed by atoms with E-state index < -0.39 is 0 Å². The molecule has 2 aromatic heterocycles. The summed E-state index contributed by atoms with van der Waals surface area (Å²) in [7, 11) is 1.92. The van der Waals surface area contributed by atoms with E-state index in [1.807, 2.05) is 24.0 Å². The largest absolute Gasteiger partial charge is 0.384 e. The Morgan fingerprint density at radius 1 is 1.04 bits per heavy atom. The van der Waals surface area contributed by atoms with E-state index in [0.717, 1.165) is 22.0 Å². The Labute approximate surface area is 166 Å². The Kier molecular flexibility index (Phi) is 4.67. The maximum Gasteiger partial charge on any atom is 0.154 e. The van der Waals surface area contributed by atoms with E-state index in [2.05, 4.69) is 32.4 Å². The van der Waals surface area contributed by atoms with Crippen LogP contribution in [0.4, 0.5) is 23.0 Å². The monoisotopic (exact) mass is 391 g/mol. The van der Waals surface area contributed by atoms with Gasteiger partial charge in [-0.15, -0.1) is 5.11 Å². The first kappa shape index (κ1) is 17.9. The average Bonchev–Trinajstić information content (AvgIpc) is 3.03. The lowest BCUT2D eigenvalue weighted by Gasteiger charge is -2.09. The van der Waals surface area contributed by atoms with Crippen molar-refractivity contribution in [2.24, 2.45) is 17.3 Å². The zero-order valence-corrected chi connectivity index (χ0v) is 15.9. The summed E-state index contributed by atoms with van der Waals surface area (Å²) in [6.07, 6.45) is 2.43. The lowest BCUT2D eigenvalue weighted by Crippen LogP contribution is -2.01. The van der Waals surface area contributed by atoms with Crippen molar-refractivity contribution in [3.8, 4) is 0 Å². The number of hydrogen-bond acceptors (Lipinski definition) is 6. The third-order valence-electron chi connectivity index (χ3n) is 4.42. The van der Waals surface area contributed by atoms with Crippen LogP contribution in [0.15, 0.2) is 65.0 Å². The topological polar surface area (TPSA) is 107 Å². The van der Waals surface area contributed by atoms with E-state index in [0.29, 0.717) is 28.6 Å². The lowest BCUT2D eigenvalue weighted by atomic mass is 10.0. The van der Waals surface area contributed by atoms with Gasteiger partial charge in [-0.2, -0.15) is 10.2 Å². The maximum absolute atomic E-state index is 6.08. The molecule has 28 heavy (non-hydrogen) atoms. The van der Waals surface area contributed by atoms with Gasteiger partial charge in [0.05, 0.1) is 17.4 Å². The molecule has 4 N–H and O–H groups in total. The molecule has 2 heterocycles. The summed E-state index contributed by atoms with van der Waals surface area (Å²) in [5.41, 5.74) is 16.2. The lowest BCUT2D eigenvalue weighted by molar-refractivity contribution is 0.796. The Bertz CT molecular complexity index is 1180. The molecule has 0 radical (unpaired) electrons. The number of azo groups is 1. The molecule has 0 aliphatic carbocycles. The Balaban J connectivity index is 1.71. The quantitative estimate of drug-likeness (QED) is 0.487. The number of anilines is 2. The number of aromatic nitrogens is 3. The van der Waals surface area contributed by atoms with Gasteiger partial charge in [-0.1, -0.05) is 23.7 Å². The highest BCUT2D eigenvalue weighted by atomic mass is 35.5. The van der Waals surface area contributed by atoms with E-state index in [9.17, 15) is 0 Å². The molecule has 4 aromatic rings. The van der Waals surface area contributed by atoms with Crippen molar-refractivity contribution in [3.05, 3.63) is 70.9 Å². The summed E-state index contributed by atoms with van der Waals surface area (Å²) in [4.78, 5) is 4.12. The fourth-order valence-corrected chi connectivity index (χ4v) is 3.15. The Morgan fingerprint density at radius 3 is 2.61 bits per heavy atom. The first-order valence-electron chi connectivity index (χ1n) is 8.62. The van der Waals surface area contributed by atoms with Gasteiger partial charge in [0, 0.05) is 17.5 Å². The molecule has 0 saturated heterocycles. The van der Waals surface area contributed by atoms with Crippen molar-refractivity contribution >= 4 is 45.5 Å². The van der Waals surface area contributed by atoms with E-state index in [1.54, 1.807) is 30.3 Å². The molecule has 0 unspecified atom stereocenters. The second kappa shape index (κ2) is 7.28. The minimum Gasteiger partial charge on any atom is -0.384 e. The van der Waals surface area contributed by atoms with Gasteiger partial charge in [0.1, 0.15) is 11.5 Å². The fraction of sp³-hybridized carbons (Fsp3) is 0.100. The van der Waals surface area contributed by atoms with Crippen molar-refractivity contribution in [2.45, 2.75) is 6.42 Å². The summed E-state index contributed by atoms with van der Waals surface area (Å²) in [5, 5.41) is 14.6. The van der Waals surface area contributed by atoms with Crippen molar-refractivity contribution in [3.63, 3.8) is 0 Å². The van der Waals surface area contributed by atoms with Crippen molar-refractivity contribution in [1.29, 1.82) is 0 Å². The fourth-order valence-electron chi connectivity index (χ4n) is 3.02. The molecule has 0 fully saturated rings. The molecule has 8 heteroatoms. The van der Waals surface area contributed by atoms with Crippen LogP contribution >= 0.6 is 11.6 Å². The van der Waals surface area contributed by atoms with Gasteiger partial charge in [-0.25, -0.2) is 4.98 Å². The molecule has 0 aliphatic rings. The number of nitrogen functional groups attached to an aromatic ring is 2. The third kappa shape index (κ3) is 3.65. The van der Waals surface area contributed by atoms with E-state index >= 15 is 0 Å². The van der Waals surface area contributed by atoms with E-state index in [4.69, 9.17) is 23.1 Å². The summed E-state index contributed by atoms with van der Waals surface area (Å²) in [6, 6.07) is 15.0. The number of nitrogens with zero attached hydrogens (tertiary/aromatic N) is 5. The Morgan fingerprint density at radius 2 is 1.82 bits per heavy atom. The first-order chi connectivity index (χ1) is 13.5. The molecule has 2 aromatic carbocycles. The zero-order valence-electron chi connectivity index (χ0n) is 15.2. The summed E-state index contributed by atoms with van der Waals surface area (Å²) >= 11 is 5.91. The van der Waals surface area contributed by atoms with Gasteiger partial charge in [0.25, 0.3) is 0 Å². The summed E-state index contributed by atoms with van der Waals surface area (Å²) in [5.74, 6) is 0.592. The van der Waals surface area contributed by atoms with Crippen LogP contribution in [0.3, 0.4) is 0 Å². The van der Waals surface area contributed by atoms with Gasteiger partial charge in [0.2, 0.25) is 0 Å². The molecular formula is C20H18ClN7. The van der Waals surface area contributed by atoms with Gasteiger partial charge in [-0.05, 0) is 53.9 Å². The SMILES string of the molecule is Cn1ncc2ccc(Cc3cc(N)nc(N)c3/N=N/c3ccc(Cl)cc3)cc21. The molecule has 0 spiro atoms. The van der Waals surface area contributed by atoms with Crippen molar-refractivity contribution < 1.29 is 0 Å². The number of hydrogen-bond donors (Lipinski definition) is 2. The third-order valence-corrected chi connectivity index (χ3v) is 4.67. The summed E-state index contributed by atoms with van der Waals surface area (Å²) in [6.45, 7) is 0. The van der Waals surface area contributed by atoms with Crippen molar-refractivity contribution in [2.75, 3.05) is 11.5 Å². The molecule has 4 rings (SSSR count). The van der Waals surface area contributed by atoms with Crippen LogP contribution in [0.5, 0.6) is 0 Å². The molecule has 0 atom stereocenters. The van der Waals surface area contributed by atoms with Gasteiger partial charge < -0.3 is 11.5 Å². The van der Waals surface area contributed by atoms with Crippen LogP contribution in [0.2, 0.25) is 5.02 Å². The normalized spacial score (nSPS) is 11.5. The molecule has 0 bridgehead atoms. The number of aryl methyl sites for hydroxylation is 1. The molecule has 0 aliphatic heterocycles. The highest BCUT2D eigenvalue weighted by Gasteiger charge is 2.11. The first-order valence-corrected chi connectivity index (χ1v) is 9.00. The van der Waals surface area contributed by atoms with Gasteiger partial charge in [0.15, 0.2) is 5.82 Å². The predicted molar refractivity (Wildman–Crippen MR) is 112 cm³/mol. The average molecular weight is 392 g/mol. The molecule has 140 valence electrons. The number of benzene rings is 2. The van der Waals surface area contributed by atoms with Crippen LogP contribution in [-0.4, -0.2) is 14.8 Å². The summed E-state index contributed by atoms with van der Waals surface area (Å²) < 4.78 is 1.84. The number of fused-ring (bicyclic) bond motifs is 1. The second-order valence-electron chi connectivity index (χ2n) is 6.45. The van der Waals surface area contributed by atoms with Crippen molar-refractivity contribution in [1.82, 2.24) is 14.8 Å². The zero-order chi connectivity index (χ0) is 19.7. The smallest absolute Gasteiger partial charge is 0.154 e. The van der Waals surface area contributed by atoms with Gasteiger partial charge >= 0.3 is 0 Å². The number of nitrogens with two attached hydrogens (primary N) is 2. The second-order valence-corrected chi connectivity index (χ2v) is 6.89. The number of halogens is 1. The molecule has 0 saturated carbocycles. The number of pyridine rings is 1. The Hall–Kier alpha value is -3.45. The minimum absolute atomic E-state index is 0.245. The highest BCUT2D eigenvalue weighted by molar-refractivity contribution is 6.30. The molecular weight excluding hydrogens is 374 g/mol. The molecule has 0 amide bonds. The van der Waals surface area contributed by atoms with Gasteiger partial charge in [-0.3, -0.25) is 4.68 Å². The van der Waals surface area contributed by atoms with E-state index in [1.165, 1.54) is 0 Å². The van der Waals surface area contributed by atoms with Crippen LogP contribution in [-0.2, 0) is 13.5 Å². The van der Waals surface area contributed by atoms with Crippen LogP contribution in [0.25, 0.3) is 10.9 Å². The molecule has 7 nitrogen and oxygen atoms in total. The van der Waals surface area contributed by atoms with Crippen LogP contribution in [0.1, 0.15) is 11.1 Å². The van der Waals surface area contributed by atoms with Crippen LogP contribution in [0, 0.1) is 0 Å². The highest BCUT2D eigenvalue weighted by Crippen LogP contribution is 2.31.